The first-order chi connectivity index (χ1) is 22.4. The van der Waals surface area contributed by atoms with Gasteiger partial charge in [-0.3, -0.25) is 9.78 Å². The summed E-state index contributed by atoms with van der Waals surface area (Å²) in [5.41, 5.74) is 1.41. The molecule has 2 aliphatic heterocycles. The van der Waals surface area contributed by atoms with Crippen molar-refractivity contribution in [1.29, 1.82) is 0 Å². The number of carbonyl (C=O) groups is 2. The van der Waals surface area contributed by atoms with Gasteiger partial charge in [0.2, 0.25) is 0 Å². The van der Waals surface area contributed by atoms with Gasteiger partial charge in [0.1, 0.15) is 35.3 Å². The van der Waals surface area contributed by atoms with Crippen molar-refractivity contribution in [3.8, 4) is 17.2 Å². The van der Waals surface area contributed by atoms with Crippen LogP contribution in [-0.2, 0) is 11.2 Å². The highest BCUT2D eigenvalue weighted by Crippen LogP contribution is 2.38. The number of rotatable bonds is 8. The van der Waals surface area contributed by atoms with Crippen molar-refractivity contribution in [2.24, 2.45) is 0 Å². The molecule has 12 heteroatoms. The van der Waals surface area contributed by atoms with Crippen molar-refractivity contribution >= 4 is 17.8 Å². The largest absolute Gasteiger partial charge is 0.490 e. The van der Waals surface area contributed by atoms with Gasteiger partial charge in [-0.2, -0.15) is 0 Å². The molecule has 0 aliphatic carbocycles. The Bertz CT molecular complexity index is 1590. The Balaban J connectivity index is 1.29. The molecule has 0 spiro atoms. The number of amides is 2. The van der Waals surface area contributed by atoms with Gasteiger partial charge in [0.05, 0.1) is 23.5 Å². The van der Waals surface area contributed by atoms with Crippen LogP contribution < -0.4 is 14.4 Å². The molecule has 1 fully saturated rings. The Morgan fingerprint density at radius 2 is 1.81 bits per heavy atom. The summed E-state index contributed by atoms with van der Waals surface area (Å²) in [7, 11) is 0. The zero-order valence-corrected chi connectivity index (χ0v) is 28.3. The van der Waals surface area contributed by atoms with Crippen molar-refractivity contribution in [2.75, 3.05) is 31.1 Å². The molecule has 2 aromatic heterocycles. The summed E-state index contributed by atoms with van der Waals surface area (Å²) in [6.45, 7) is 15.6. The van der Waals surface area contributed by atoms with E-state index >= 15 is 0 Å². The molecule has 1 aromatic carbocycles. The molecule has 0 bridgehead atoms. The molecular weight excluding hydrogens is 603 g/mol. The summed E-state index contributed by atoms with van der Waals surface area (Å²) < 4.78 is 32.8. The van der Waals surface area contributed by atoms with Crippen LogP contribution in [0.5, 0.6) is 17.2 Å². The maximum atomic E-state index is 14.3. The van der Waals surface area contributed by atoms with Gasteiger partial charge in [0.25, 0.3) is 5.91 Å². The van der Waals surface area contributed by atoms with Gasteiger partial charge >= 0.3 is 6.09 Å². The zero-order valence-electron chi connectivity index (χ0n) is 28.3. The van der Waals surface area contributed by atoms with Gasteiger partial charge in [0.15, 0.2) is 11.6 Å². The van der Waals surface area contributed by atoms with E-state index in [0.29, 0.717) is 57.0 Å². The van der Waals surface area contributed by atoms with Crippen LogP contribution in [0.15, 0.2) is 43.0 Å². The SMILES string of the molecule is CCN(C(=O)c1cc(F)ccc1Oc1cncnc1N1CCC(Oc2ccnc3c2C(C)N(C(=O)OC(C)(C)C)CC3)CC1)C(C)C. The number of hydrogen-bond acceptors (Lipinski definition) is 9. The van der Waals surface area contributed by atoms with Gasteiger partial charge in [-0.15, -0.1) is 0 Å². The molecule has 2 amide bonds. The van der Waals surface area contributed by atoms with E-state index in [4.69, 9.17) is 14.2 Å². The number of hydrogen-bond donors (Lipinski definition) is 0. The summed E-state index contributed by atoms with van der Waals surface area (Å²) in [5.74, 6) is 1.10. The Morgan fingerprint density at radius 3 is 2.49 bits per heavy atom. The molecule has 3 aromatic rings. The number of benzene rings is 1. The maximum Gasteiger partial charge on any atom is 0.410 e. The molecule has 0 saturated carbocycles. The van der Waals surface area contributed by atoms with Crippen molar-refractivity contribution in [3.63, 3.8) is 0 Å². The number of piperidine rings is 1. The third-order valence-electron chi connectivity index (χ3n) is 8.45. The lowest BCUT2D eigenvalue weighted by Crippen LogP contribution is -2.43. The minimum atomic E-state index is -0.587. The van der Waals surface area contributed by atoms with E-state index in [1.54, 1.807) is 22.2 Å². The molecule has 47 heavy (non-hydrogen) atoms. The summed E-state index contributed by atoms with van der Waals surface area (Å²) in [5, 5.41) is 0. The summed E-state index contributed by atoms with van der Waals surface area (Å²) >= 11 is 0. The quantitative estimate of drug-likeness (QED) is 0.268. The molecule has 1 atom stereocenters. The Morgan fingerprint density at radius 1 is 1.06 bits per heavy atom. The normalized spacial score (nSPS) is 16.9. The molecule has 0 radical (unpaired) electrons. The molecular formula is C35H45FN6O5. The van der Waals surface area contributed by atoms with Gasteiger partial charge in [-0.05, 0) is 72.7 Å². The minimum absolute atomic E-state index is 0.0625. The topological polar surface area (TPSA) is 110 Å². The lowest BCUT2D eigenvalue weighted by Gasteiger charge is -2.38. The smallest absolute Gasteiger partial charge is 0.410 e. The third kappa shape index (κ3) is 7.74. The van der Waals surface area contributed by atoms with Crippen LogP contribution in [0.25, 0.3) is 0 Å². The first-order valence-corrected chi connectivity index (χ1v) is 16.3. The number of halogens is 1. The van der Waals surface area contributed by atoms with Gasteiger partial charge < -0.3 is 28.9 Å². The molecule has 11 nitrogen and oxygen atoms in total. The Labute approximate surface area is 276 Å². The first kappa shape index (κ1) is 33.9. The van der Waals surface area contributed by atoms with Crippen LogP contribution in [0, 0.1) is 5.82 Å². The summed E-state index contributed by atoms with van der Waals surface area (Å²) in [4.78, 5) is 45.1. The fraction of sp³-hybridized carbons (Fsp3) is 0.514. The Hall–Kier alpha value is -4.48. The number of ether oxygens (including phenoxy) is 3. The molecule has 5 rings (SSSR count). The predicted molar refractivity (Wildman–Crippen MR) is 176 cm³/mol. The predicted octanol–water partition coefficient (Wildman–Crippen LogP) is 6.58. The average Bonchev–Trinajstić information content (AvgIpc) is 3.02. The minimum Gasteiger partial charge on any atom is -0.490 e. The molecule has 4 heterocycles. The van der Waals surface area contributed by atoms with Crippen LogP contribution in [0.1, 0.15) is 89.0 Å². The van der Waals surface area contributed by atoms with E-state index in [0.717, 1.165) is 17.0 Å². The third-order valence-corrected chi connectivity index (χ3v) is 8.45. The first-order valence-electron chi connectivity index (χ1n) is 16.3. The molecule has 252 valence electrons. The summed E-state index contributed by atoms with van der Waals surface area (Å²) in [6, 6.07) is 5.51. The van der Waals surface area contributed by atoms with E-state index < -0.39 is 11.4 Å². The number of carbonyl (C=O) groups excluding carboxylic acids is 2. The van der Waals surface area contributed by atoms with Crippen LogP contribution in [0.3, 0.4) is 0 Å². The van der Waals surface area contributed by atoms with E-state index in [1.807, 2.05) is 54.5 Å². The lowest BCUT2D eigenvalue weighted by molar-refractivity contribution is 0.0153. The monoisotopic (exact) mass is 648 g/mol. The van der Waals surface area contributed by atoms with Gasteiger partial charge in [-0.1, -0.05) is 0 Å². The molecule has 0 N–H and O–H groups in total. The van der Waals surface area contributed by atoms with E-state index in [-0.39, 0.29) is 41.5 Å². The van der Waals surface area contributed by atoms with Crippen LogP contribution >= 0.6 is 0 Å². The molecule has 2 aliphatic rings. The van der Waals surface area contributed by atoms with Crippen molar-refractivity contribution in [2.45, 2.75) is 91.5 Å². The van der Waals surface area contributed by atoms with Crippen LogP contribution in [-0.4, -0.2) is 80.7 Å². The number of anilines is 1. The molecule has 1 unspecified atom stereocenters. The maximum absolute atomic E-state index is 14.3. The fourth-order valence-corrected chi connectivity index (χ4v) is 6.15. The molecule has 1 saturated heterocycles. The summed E-state index contributed by atoms with van der Waals surface area (Å²) in [6.07, 6.45) is 6.42. The van der Waals surface area contributed by atoms with Crippen LogP contribution in [0.2, 0.25) is 0 Å². The number of fused-ring (bicyclic) bond motifs is 1. The highest BCUT2D eigenvalue weighted by atomic mass is 19.1. The average molecular weight is 649 g/mol. The van der Waals surface area contributed by atoms with E-state index in [9.17, 15) is 14.0 Å². The second-order valence-electron chi connectivity index (χ2n) is 13.2. The van der Waals surface area contributed by atoms with Crippen molar-refractivity contribution < 1.29 is 28.2 Å². The second kappa shape index (κ2) is 14.1. The number of pyridine rings is 1. The highest BCUT2D eigenvalue weighted by molar-refractivity contribution is 5.97. The Kier molecular flexibility index (Phi) is 10.2. The van der Waals surface area contributed by atoms with E-state index in [2.05, 4.69) is 19.9 Å². The van der Waals surface area contributed by atoms with Gasteiger partial charge in [-0.25, -0.2) is 19.2 Å². The van der Waals surface area contributed by atoms with Crippen molar-refractivity contribution in [1.82, 2.24) is 24.8 Å². The van der Waals surface area contributed by atoms with Crippen LogP contribution in [0.4, 0.5) is 15.0 Å². The number of nitrogens with zero attached hydrogens (tertiary/aromatic N) is 6. The lowest BCUT2D eigenvalue weighted by atomic mass is 9.97. The standard InChI is InChI=1S/C35H45FN6O5/c1-8-41(22(2)3)33(43)26-19-24(36)9-10-28(26)46-30-20-37-21-39-32(30)40-16-12-25(13-17-40)45-29-11-15-38-27-14-18-42(23(4)31(27)29)34(44)47-35(5,6)7/h9-11,15,19-23,25H,8,12-14,16-18H2,1-7H3. The second-order valence-corrected chi connectivity index (χ2v) is 13.2. The highest BCUT2D eigenvalue weighted by Gasteiger charge is 2.35. The number of aromatic nitrogens is 3. The zero-order chi connectivity index (χ0) is 33.9. The fourth-order valence-electron chi connectivity index (χ4n) is 6.15. The van der Waals surface area contributed by atoms with Gasteiger partial charge in [0, 0.05) is 63.2 Å². The van der Waals surface area contributed by atoms with E-state index in [1.165, 1.54) is 24.5 Å². The van der Waals surface area contributed by atoms with Crippen molar-refractivity contribution in [3.05, 3.63) is 65.6 Å².